The minimum atomic E-state index is 0.291. The van der Waals surface area contributed by atoms with Gasteiger partial charge in [-0.25, -0.2) is 0 Å². The Morgan fingerprint density at radius 2 is 2.17 bits per heavy atom. The van der Waals surface area contributed by atoms with E-state index in [9.17, 15) is 0 Å². The Hall–Kier alpha value is -1.20. The molecule has 0 aliphatic carbocycles. The number of hydrogen-bond acceptors (Lipinski definition) is 4. The van der Waals surface area contributed by atoms with Crippen LogP contribution in [0.4, 0.5) is 5.69 Å². The Bertz CT molecular complexity index is 515. The lowest BCUT2D eigenvalue weighted by Gasteiger charge is -2.22. The molecule has 96 valence electrons. The van der Waals surface area contributed by atoms with Gasteiger partial charge in [0.1, 0.15) is 0 Å². The molecular formula is C13H16BrN3O. The fourth-order valence-corrected chi connectivity index (χ4v) is 2.62. The molecule has 2 aromatic rings. The van der Waals surface area contributed by atoms with Crippen LogP contribution in [0, 0.1) is 0 Å². The zero-order chi connectivity index (χ0) is 13.0. The van der Waals surface area contributed by atoms with Gasteiger partial charge in [-0.15, -0.1) is 0 Å². The summed E-state index contributed by atoms with van der Waals surface area (Å²) in [6, 6.07) is 8.02. The quantitative estimate of drug-likeness (QED) is 0.795. The average molecular weight is 310 g/mol. The normalized spacial score (nSPS) is 12.6. The van der Waals surface area contributed by atoms with Crippen molar-refractivity contribution in [2.45, 2.75) is 4.83 Å². The van der Waals surface area contributed by atoms with Crippen molar-refractivity contribution in [1.29, 1.82) is 0 Å². The van der Waals surface area contributed by atoms with E-state index in [2.05, 4.69) is 37.1 Å². The molecule has 0 fully saturated rings. The van der Waals surface area contributed by atoms with Crippen molar-refractivity contribution in [2.24, 2.45) is 0 Å². The number of nitrogens with zero attached hydrogens (tertiary/aromatic N) is 3. The van der Waals surface area contributed by atoms with Crippen LogP contribution in [0.2, 0.25) is 0 Å². The van der Waals surface area contributed by atoms with Crippen molar-refractivity contribution in [2.75, 3.05) is 32.2 Å². The monoisotopic (exact) mass is 309 g/mol. The van der Waals surface area contributed by atoms with Crippen LogP contribution in [0.1, 0.15) is 0 Å². The van der Waals surface area contributed by atoms with E-state index >= 15 is 0 Å². The molecular weight excluding hydrogens is 294 g/mol. The van der Waals surface area contributed by atoms with Crippen LogP contribution in [-0.4, -0.2) is 42.3 Å². The predicted octanol–water partition coefficient (Wildman–Crippen LogP) is 2.48. The number of anilines is 1. The molecule has 1 atom stereocenters. The smallest absolute Gasteiger partial charge is 0.0950 e. The van der Waals surface area contributed by atoms with E-state index in [1.807, 2.05) is 25.2 Å². The Kier molecular flexibility index (Phi) is 4.49. The Morgan fingerprint density at radius 1 is 1.39 bits per heavy atom. The summed E-state index contributed by atoms with van der Waals surface area (Å²) in [4.78, 5) is 2.45. The van der Waals surface area contributed by atoms with Crippen molar-refractivity contribution in [3.63, 3.8) is 0 Å². The highest BCUT2D eigenvalue weighted by Gasteiger charge is 2.11. The average Bonchev–Trinajstić information content (AvgIpc) is 2.38. The molecule has 1 heterocycles. The minimum absolute atomic E-state index is 0.291. The highest BCUT2D eigenvalue weighted by atomic mass is 79.9. The first kappa shape index (κ1) is 13.2. The zero-order valence-electron chi connectivity index (χ0n) is 10.5. The van der Waals surface area contributed by atoms with Gasteiger partial charge in [-0.3, -0.25) is 0 Å². The van der Waals surface area contributed by atoms with Crippen molar-refractivity contribution in [1.82, 2.24) is 10.2 Å². The van der Waals surface area contributed by atoms with Crippen molar-refractivity contribution >= 4 is 32.5 Å². The van der Waals surface area contributed by atoms with E-state index in [-0.39, 0.29) is 0 Å². The van der Waals surface area contributed by atoms with Gasteiger partial charge in [-0.2, -0.15) is 10.2 Å². The molecule has 0 aliphatic rings. The van der Waals surface area contributed by atoms with Crippen LogP contribution in [0.15, 0.2) is 30.5 Å². The summed E-state index contributed by atoms with van der Waals surface area (Å²) in [6.45, 7) is 1.53. The second kappa shape index (κ2) is 6.11. The lowest BCUT2D eigenvalue weighted by atomic mass is 10.2. The molecule has 0 radical (unpaired) electrons. The fourth-order valence-electron chi connectivity index (χ4n) is 1.93. The summed E-state index contributed by atoms with van der Waals surface area (Å²) >= 11 is 3.60. The van der Waals surface area contributed by atoms with Gasteiger partial charge in [-0.05, 0) is 6.07 Å². The number of hydrogen-bond donors (Lipinski definition) is 0. The van der Waals surface area contributed by atoms with Gasteiger partial charge in [-0.1, -0.05) is 34.1 Å². The number of halogens is 1. The molecule has 0 saturated heterocycles. The Labute approximate surface area is 115 Å². The van der Waals surface area contributed by atoms with Crippen molar-refractivity contribution in [3.8, 4) is 0 Å². The van der Waals surface area contributed by atoms with E-state index in [0.29, 0.717) is 11.4 Å². The fraction of sp³-hybridized carbons (Fsp3) is 0.385. The van der Waals surface area contributed by atoms with Crippen LogP contribution in [0.25, 0.3) is 10.9 Å². The highest BCUT2D eigenvalue weighted by molar-refractivity contribution is 9.09. The molecule has 5 heteroatoms. The standard InChI is InChI=1S/C13H16BrN3O/c1-17(8-10(14)9-18-2)13-7-15-16-12-6-4-3-5-11(12)13/h3-7,10H,8-9H2,1-2H3. The van der Waals surface area contributed by atoms with Gasteiger partial charge >= 0.3 is 0 Å². The minimum Gasteiger partial charge on any atom is -0.383 e. The number of alkyl halides is 1. The predicted molar refractivity (Wildman–Crippen MR) is 77.4 cm³/mol. The molecule has 1 unspecified atom stereocenters. The van der Waals surface area contributed by atoms with Gasteiger partial charge in [0, 0.05) is 26.1 Å². The molecule has 0 amide bonds. The van der Waals surface area contributed by atoms with Crippen LogP contribution in [-0.2, 0) is 4.74 Å². The van der Waals surface area contributed by atoms with Crippen LogP contribution in [0.5, 0.6) is 0 Å². The summed E-state index contributed by atoms with van der Waals surface area (Å²) in [5, 5.41) is 9.29. The van der Waals surface area contributed by atoms with Crippen molar-refractivity contribution in [3.05, 3.63) is 30.5 Å². The Morgan fingerprint density at radius 3 is 2.94 bits per heavy atom. The Balaban J connectivity index is 2.24. The lowest BCUT2D eigenvalue weighted by Crippen LogP contribution is -2.28. The number of aromatic nitrogens is 2. The second-order valence-electron chi connectivity index (χ2n) is 4.18. The summed E-state index contributed by atoms with van der Waals surface area (Å²) in [6.07, 6.45) is 1.80. The van der Waals surface area contributed by atoms with Gasteiger partial charge in [0.2, 0.25) is 0 Å². The largest absolute Gasteiger partial charge is 0.383 e. The maximum atomic E-state index is 5.13. The molecule has 1 aromatic carbocycles. The third kappa shape index (κ3) is 2.97. The van der Waals surface area contributed by atoms with Crippen LogP contribution < -0.4 is 4.90 Å². The number of benzene rings is 1. The van der Waals surface area contributed by atoms with Gasteiger partial charge in [0.25, 0.3) is 0 Å². The molecule has 0 aliphatic heterocycles. The molecule has 0 bridgehead atoms. The maximum absolute atomic E-state index is 5.13. The van der Waals surface area contributed by atoms with Crippen LogP contribution in [0.3, 0.4) is 0 Å². The molecule has 18 heavy (non-hydrogen) atoms. The summed E-state index contributed by atoms with van der Waals surface area (Å²) in [5.74, 6) is 0. The zero-order valence-corrected chi connectivity index (χ0v) is 12.1. The van der Waals surface area contributed by atoms with E-state index in [4.69, 9.17) is 4.74 Å². The SMILES string of the molecule is COCC(Br)CN(C)c1cnnc2ccccc12. The third-order valence-corrected chi connectivity index (χ3v) is 3.31. The molecule has 0 saturated carbocycles. The second-order valence-corrected chi connectivity index (χ2v) is 5.48. The summed E-state index contributed by atoms with van der Waals surface area (Å²) in [5.41, 5.74) is 2.00. The van der Waals surface area contributed by atoms with Crippen LogP contribution >= 0.6 is 15.9 Å². The first-order chi connectivity index (χ1) is 8.72. The number of ether oxygens (including phenoxy) is 1. The maximum Gasteiger partial charge on any atom is 0.0950 e. The summed E-state index contributed by atoms with van der Waals surface area (Å²) in [7, 11) is 3.75. The van der Waals surface area contributed by atoms with Crippen molar-refractivity contribution < 1.29 is 4.74 Å². The van der Waals surface area contributed by atoms with E-state index < -0.39 is 0 Å². The van der Waals surface area contributed by atoms with E-state index in [1.54, 1.807) is 13.3 Å². The summed E-state index contributed by atoms with van der Waals surface area (Å²) < 4.78 is 5.13. The lowest BCUT2D eigenvalue weighted by molar-refractivity contribution is 0.202. The first-order valence-corrected chi connectivity index (χ1v) is 6.68. The van der Waals surface area contributed by atoms with Gasteiger partial charge < -0.3 is 9.64 Å². The third-order valence-electron chi connectivity index (χ3n) is 2.76. The van der Waals surface area contributed by atoms with Gasteiger partial charge in [0.05, 0.1) is 28.8 Å². The van der Waals surface area contributed by atoms with E-state index in [1.165, 1.54) is 0 Å². The molecule has 2 rings (SSSR count). The highest BCUT2D eigenvalue weighted by Crippen LogP contribution is 2.23. The molecule has 0 N–H and O–H groups in total. The topological polar surface area (TPSA) is 38.2 Å². The van der Waals surface area contributed by atoms with E-state index in [0.717, 1.165) is 23.1 Å². The molecule has 4 nitrogen and oxygen atoms in total. The number of rotatable bonds is 5. The number of methoxy groups -OCH3 is 1. The molecule has 0 spiro atoms. The van der Waals surface area contributed by atoms with Gasteiger partial charge in [0.15, 0.2) is 0 Å². The molecule has 1 aromatic heterocycles. The number of fused-ring (bicyclic) bond motifs is 1. The first-order valence-electron chi connectivity index (χ1n) is 5.77.